The van der Waals surface area contributed by atoms with Gasteiger partial charge in [0.25, 0.3) is 0 Å². The number of ether oxygens (including phenoxy) is 1. The molecule has 6 heteroatoms. The zero-order valence-electron chi connectivity index (χ0n) is 12.9. The molecule has 0 aliphatic heterocycles. The summed E-state index contributed by atoms with van der Waals surface area (Å²) < 4.78 is 5.68. The highest BCUT2D eigenvalue weighted by molar-refractivity contribution is 5.85. The van der Waals surface area contributed by atoms with Crippen LogP contribution >= 0.6 is 0 Å². The maximum absolute atomic E-state index is 11.5. The van der Waals surface area contributed by atoms with Crippen molar-refractivity contribution >= 4 is 11.0 Å². The van der Waals surface area contributed by atoms with Crippen LogP contribution in [0.15, 0.2) is 10.9 Å². The molecule has 21 heavy (non-hydrogen) atoms. The molecule has 116 valence electrons. The number of fused-ring (bicyclic) bond motifs is 1. The Hall–Kier alpha value is -1.79. The summed E-state index contributed by atoms with van der Waals surface area (Å²) in [6, 6.07) is 2.19. The molecule has 0 saturated carbocycles. The number of benzene rings is 1. The lowest BCUT2D eigenvalue weighted by molar-refractivity contribution is 0.105. The summed E-state index contributed by atoms with van der Waals surface area (Å²) in [5.74, 6) is 0.579. The van der Waals surface area contributed by atoms with Gasteiger partial charge in [0, 0.05) is 12.6 Å². The fraction of sp³-hybridized carbons (Fsp3) is 0.533. The number of aliphatic hydroxyl groups excluding tert-OH is 1. The van der Waals surface area contributed by atoms with E-state index in [2.05, 4.69) is 15.3 Å². The van der Waals surface area contributed by atoms with E-state index >= 15 is 0 Å². The van der Waals surface area contributed by atoms with E-state index in [1.165, 1.54) is 0 Å². The number of aryl methyl sites for hydroxylation is 2. The van der Waals surface area contributed by atoms with Crippen LogP contribution in [0.2, 0.25) is 0 Å². The lowest BCUT2D eigenvalue weighted by Crippen LogP contribution is -2.35. The third-order valence-corrected chi connectivity index (χ3v) is 3.48. The lowest BCUT2D eigenvalue weighted by Gasteiger charge is -2.16. The smallest absolute Gasteiger partial charge is 0.323 e. The quantitative estimate of drug-likeness (QED) is 0.644. The van der Waals surface area contributed by atoms with Gasteiger partial charge in [-0.15, -0.1) is 0 Å². The van der Waals surface area contributed by atoms with E-state index in [0.29, 0.717) is 23.9 Å². The largest absolute Gasteiger partial charge is 0.489 e. The minimum absolute atomic E-state index is 0.171. The molecule has 0 bridgehead atoms. The van der Waals surface area contributed by atoms with Gasteiger partial charge in [0.1, 0.15) is 24.0 Å². The Bertz CT molecular complexity index is 673. The van der Waals surface area contributed by atoms with Gasteiger partial charge in [-0.05, 0) is 31.0 Å². The first-order valence-electron chi connectivity index (χ1n) is 7.15. The summed E-state index contributed by atoms with van der Waals surface area (Å²) in [5.41, 5.74) is 3.18. The van der Waals surface area contributed by atoms with Crippen LogP contribution in [-0.2, 0) is 0 Å². The highest BCUT2D eigenvalue weighted by atomic mass is 16.5. The summed E-state index contributed by atoms with van der Waals surface area (Å²) in [6.07, 6.45) is -0.602. The number of hydrogen-bond donors (Lipinski definition) is 4. The first kappa shape index (κ1) is 15.6. The molecular formula is C15H23N3O3. The number of imidazole rings is 1. The number of aromatic nitrogens is 2. The van der Waals surface area contributed by atoms with Crippen molar-refractivity contribution in [1.82, 2.24) is 15.3 Å². The molecule has 1 atom stereocenters. The van der Waals surface area contributed by atoms with E-state index in [0.717, 1.165) is 16.6 Å². The van der Waals surface area contributed by atoms with Gasteiger partial charge in [-0.2, -0.15) is 0 Å². The van der Waals surface area contributed by atoms with Crippen molar-refractivity contribution in [3.8, 4) is 5.75 Å². The molecule has 0 amide bonds. The molecule has 4 N–H and O–H groups in total. The second-order valence-corrected chi connectivity index (χ2v) is 5.67. The van der Waals surface area contributed by atoms with Crippen molar-refractivity contribution < 1.29 is 9.84 Å². The Balaban J connectivity index is 2.15. The maximum Gasteiger partial charge on any atom is 0.323 e. The summed E-state index contributed by atoms with van der Waals surface area (Å²) in [5, 5.41) is 13.0. The molecule has 0 radical (unpaired) electrons. The van der Waals surface area contributed by atoms with E-state index in [9.17, 15) is 9.90 Å². The van der Waals surface area contributed by atoms with Gasteiger partial charge in [0.2, 0.25) is 0 Å². The number of nitrogens with one attached hydrogen (secondary N) is 3. The minimum atomic E-state index is -0.602. The first-order chi connectivity index (χ1) is 9.88. The second-order valence-electron chi connectivity index (χ2n) is 5.67. The number of aromatic amines is 2. The van der Waals surface area contributed by atoms with E-state index in [1.807, 2.05) is 33.8 Å². The average molecular weight is 293 g/mol. The number of aliphatic hydroxyl groups is 1. The summed E-state index contributed by atoms with van der Waals surface area (Å²) in [4.78, 5) is 17.0. The zero-order chi connectivity index (χ0) is 15.6. The average Bonchev–Trinajstić information content (AvgIpc) is 2.81. The third-order valence-electron chi connectivity index (χ3n) is 3.48. The maximum atomic E-state index is 11.5. The molecule has 0 aliphatic rings. The Morgan fingerprint density at radius 3 is 2.62 bits per heavy atom. The molecule has 1 unspecified atom stereocenters. The highest BCUT2D eigenvalue weighted by Crippen LogP contribution is 2.27. The standard InChI is InChI=1S/C15H23N3O3/c1-8(2)16-6-11(19)7-21-12-5-9(3)10(4)13-14(12)18-15(20)17-13/h5,8,11,16,19H,6-7H2,1-4H3,(H2,17,18,20). The van der Waals surface area contributed by atoms with Gasteiger partial charge in [0.05, 0.1) is 5.52 Å². The van der Waals surface area contributed by atoms with E-state index in [-0.39, 0.29) is 12.3 Å². The van der Waals surface area contributed by atoms with Crippen molar-refractivity contribution in [3.63, 3.8) is 0 Å². The van der Waals surface area contributed by atoms with E-state index in [1.54, 1.807) is 0 Å². The predicted octanol–water partition coefficient (Wildman–Crippen LogP) is 1.21. The van der Waals surface area contributed by atoms with Crippen molar-refractivity contribution in [2.75, 3.05) is 13.2 Å². The number of H-pyrrole nitrogens is 2. The lowest BCUT2D eigenvalue weighted by atomic mass is 10.1. The van der Waals surface area contributed by atoms with Crippen molar-refractivity contribution in [2.45, 2.75) is 39.8 Å². The van der Waals surface area contributed by atoms with Crippen LogP contribution in [0.1, 0.15) is 25.0 Å². The topological polar surface area (TPSA) is 90.1 Å². The molecule has 0 aliphatic carbocycles. The summed E-state index contributed by atoms with van der Waals surface area (Å²) >= 11 is 0. The summed E-state index contributed by atoms with van der Waals surface area (Å²) in [6.45, 7) is 8.59. The molecule has 0 saturated heterocycles. The first-order valence-corrected chi connectivity index (χ1v) is 7.15. The molecule has 6 nitrogen and oxygen atoms in total. The van der Waals surface area contributed by atoms with Crippen LogP contribution in [0.4, 0.5) is 0 Å². The van der Waals surface area contributed by atoms with Gasteiger partial charge in [-0.1, -0.05) is 13.8 Å². The van der Waals surface area contributed by atoms with Crippen LogP contribution < -0.4 is 15.7 Å². The molecule has 1 aromatic carbocycles. The van der Waals surface area contributed by atoms with Crippen molar-refractivity contribution in [1.29, 1.82) is 0 Å². The predicted molar refractivity (Wildman–Crippen MR) is 83.0 cm³/mol. The van der Waals surface area contributed by atoms with E-state index in [4.69, 9.17) is 4.74 Å². The van der Waals surface area contributed by atoms with Crippen LogP contribution in [0.25, 0.3) is 11.0 Å². The second kappa shape index (κ2) is 6.32. The molecule has 1 aromatic heterocycles. The number of hydrogen-bond acceptors (Lipinski definition) is 4. The van der Waals surface area contributed by atoms with Gasteiger partial charge < -0.3 is 25.1 Å². The fourth-order valence-electron chi connectivity index (χ4n) is 2.15. The molecule has 0 spiro atoms. The van der Waals surface area contributed by atoms with Crippen LogP contribution in [0.5, 0.6) is 5.75 Å². The molecule has 0 fully saturated rings. The highest BCUT2D eigenvalue weighted by Gasteiger charge is 2.13. The monoisotopic (exact) mass is 293 g/mol. The van der Waals surface area contributed by atoms with Crippen molar-refractivity contribution in [2.24, 2.45) is 0 Å². The van der Waals surface area contributed by atoms with Crippen LogP contribution in [0.3, 0.4) is 0 Å². The van der Waals surface area contributed by atoms with Crippen LogP contribution in [-0.4, -0.2) is 40.4 Å². The van der Waals surface area contributed by atoms with Crippen molar-refractivity contribution in [3.05, 3.63) is 27.7 Å². The fourth-order valence-corrected chi connectivity index (χ4v) is 2.15. The minimum Gasteiger partial charge on any atom is -0.489 e. The number of rotatable bonds is 6. The van der Waals surface area contributed by atoms with E-state index < -0.39 is 6.10 Å². The van der Waals surface area contributed by atoms with Gasteiger partial charge in [-0.3, -0.25) is 0 Å². The zero-order valence-corrected chi connectivity index (χ0v) is 12.9. The van der Waals surface area contributed by atoms with Gasteiger partial charge >= 0.3 is 5.69 Å². The third kappa shape index (κ3) is 3.65. The van der Waals surface area contributed by atoms with Crippen LogP contribution in [0, 0.1) is 13.8 Å². The molecule has 2 rings (SSSR count). The molecule has 1 heterocycles. The van der Waals surface area contributed by atoms with Gasteiger partial charge in [0.15, 0.2) is 0 Å². The Labute approximate surface area is 123 Å². The Kier molecular flexibility index (Phi) is 4.69. The van der Waals surface area contributed by atoms with Gasteiger partial charge in [-0.25, -0.2) is 4.79 Å². The SMILES string of the molecule is Cc1cc(OCC(O)CNC(C)C)c2[nH]c(=O)[nH]c2c1C. The Morgan fingerprint density at radius 1 is 1.29 bits per heavy atom. The molecular weight excluding hydrogens is 270 g/mol. The molecule has 2 aromatic rings. The summed E-state index contributed by atoms with van der Waals surface area (Å²) in [7, 11) is 0. The normalized spacial score (nSPS) is 13.0. The Morgan fingerprint density at radius 2 is 1.95 bits per heavy atom.